The lowest BCUT2D eigenvalue weighted by Gasteiger charge is -2.15. The van der Waals surface area contributed by atoms with E-state index in [1.807, 2.05) is 0 Å². The Morgan fingerprint density at radius 2 is 2.00 bits per heavy atom. The van der Waals surface area contributed by atoms with Gasteiger partial charge in [-0.05, 0) is 12.1 Å². The van der Waals surface area contributed by atoms with E-state index in [4.69, 9.17) is 21.1 Å². The van der Waals surface area contributed by atoms with E-state index in [9.17, 15) is 14.4 Å². The second kappa shape index (κ2) is 7.19. The van der Waals surface area contributed by atoms with Gasteiger partial charge in [0.25, 0.3) is 5.91 Å². The maximum absolute atomic E-state index is 12.3. The molecule has 0 spiro atoms. The summed E-state index contributed by atoms with van der Waals surface area (Å²) in [5.41, 5.74) is 0.151. The van der Waals surface area contributed by atoms with E-state index in [1.54, 1.807) is 0 Å². The summed E-state index contributed by atoms with van der Waals surface area (Å²) in [5, 5.41) is 2.60. The first-order valence-electron chi connectivity index (χ1n) is 6.51. The van der Waals surface area contributed by atoms with Crippen molar-refractivity contribution in [3.05, 3.63) is 22.7 Å². The fourth-order valence-electron chi connectivity index (χ4n) is 1.93. The van der Waals surface area contributed by atoms with E-state index in [0.717, 1.165) is 7.11 Å². The van der Waals surface area contributed by atoms with Gasteiger partial charge >= 0.3 is 11.9 Å². The topological polar surface area (TPSA) is 100 Å². The van der Waals surface area contributed by atoms with Gasteiger partial charge in [-0.25, -0.2) is 4.79 Å². The molecule has 0 aromatic heterocycles. The molecule has 23 heavy (non-hydrogen) atoms. The number of methoxy groups -OCH3 is 2. The monoisotopic (exact) mass is 343 g/mol. The molecule has 1 heterocycles. The second-order valence-corrected chi connectivity index (χ2v) is 4.93. The van der Waals surface area contributed by atoms with Crippen LogP contribution in [0.1, 0.15) is 16.8 Å². The largest absolute Gasteiger partial charge is 0.469 e. The third-order valence-electron chi connectivity index (χ3n) is 3.08. The molecule has 1 atom stereocenters. The number of hydrogen-bond acceptors (Lipinski definition) is 7. The lowest BCUT2D eigenvalue weighted by Crippen LogP contribution is -2.43. The Balaban J connectivity index is 2.17. The highest BCUT2D eigenvalue weighted by Gasteiger charge is 2.27. The van der Waals surface area contributed by atoms with Crippen molar-refractivity contribution in [2.24, 2.45) is 0 Å². The SMILES string of the molecule is COC(=O)C[C@H](NC(=O)c1cc(Cl)c2c(c1)OCO2)C(=O)OC. The molecular weight excluding hydrogens is 330 g/mol. The van der Waals surface area contributed by atoms with Gasteiger partial charge in [-0.3, -0.25) is 9.59 Å². The summed E-state index contributed by atoms with van der Waals surface area (Å²) in [6, 6.07) is 1.62. The van der Waals surface area contributed by atoms with Crippen molar-refractivity contribution in [3.63, 3.8) is 0 Å². The van der Waals surface area contributed by atoms with Crippen molar-refractivity contribution < 1.29 is 33.3 Å². The molecule has 0 aliphatic carbocycles. The first-order valence-corrected chi connectivity index (χ1v) is 6.88. The molecule has 1 amide bonds. The normalized spacial score (nSPS) is 13.2. The van der Waals surface area contributed by atoms with Crippen LogP contribution in [0.2, 0.25) is 5.02 Å². The standard InChI is InChI=1S/C14H14ClNO7/c1-20-11(17)5-9(14(19)21-2)16-13(18)7-3-8(15)12-10(4-7)22-6-23-12/h3-4,9H,5-6H2,1-2H3,(H,16,18)/t9-/m0/s1. The van der Waals surface area contributed by atoms with Crippen LogP contribution in [-0.2, 0) is 19.1 Å². The fourth-order valence-corrected chi connectivity index (χ4v) is 2.19. The van der Waals surface area contributed by atoms with Crippen LogP contribution in [-0.4, -0.2) is 44.9 Å². The van der Waals surface area contributed by atoms with Gasteiger partial charge in [0.1, 0.15) is 6.04 Å². The number of benzene rings is 1. The zero-order chi connectivity index (χ0) is 17.0. The quantitative estimate of drug-likeness (QED) is 0.793. The Labute approximate surface area is 136 Å². The van der Waals surface area contributed by atoms with E-state index >= 15 is 0 Å². The minimum atomic E-state index is -1.18. The summed E-state index contributed by atoms with van der Waals surface area (Å²) in [4.78, 5) is 35.3. The van der Waals surface area contributed by atoms with Crippen molar-refractivity contribution in [1.29, 1.82) is 0 Å². The molecule has 2 rings (SSSR count). The van der Waals surface area contributed by atoms with Crippen LogP contribution >= 0.6 is 11.6 Å². The third-order valence-corrected chi connectivity index (χ3v) is 3.36. The zero-order valence-electron chi connectivity index (χ0n) is 12.4. The number of fused-ring (bicyclic) bond motifs is 1. The minimum Gasteiger partial charge on any atom is -0.469 e. The van der Waals surface area contributed by atoms with Gasteiger partial charge in [0.15, 0.2) is 11.5 Å². The van der Waals surface area contributed by atoms with Gasteiger partial charge in [0, 0.05) is 5.56 Å². The summed E-state index contributed by atoms with van der Waals surface area (Å²) >= 11 is 6.00. The molecule has 1 aromatic rings. The van der Waals surface area contributed by atoms with Crippen LogP contribution in [0.25, 0.3) is 0 Å². The number of nitrogens with one attached hydrogen (secondary N) is 1. The van der Waals surface area contributed by atoms with Crippen LogP contribution in [0.15, 0.2) is 12.1 Å². The number of ether oxygens (including phenoxy) is 4. The highest BCUT2D eigenvalue weighted by atomic mass is 35.5. The molecule has 0 saturated heterocycles. The number of halogens is 1. The molecule has 0 bridgehead atoms. The average molecular weight is 344 g/mol. The lowest BCUT2D eigenvalue weighted by atomic mass is 10.1. The highest BCUT2D eigenvalue weighted by molar-refractivity contribution is 6.32. The Kier molecular flexibility index (Phi) is 5.28. The van der Waals surface area contributed by atoms with Crippen molar-refractivity contribution >= 4 is 29.4 Å². The van der Waals surface area contributed by atoms with Crippen molar-refractivity contribution in [3.8, 4) is 11.5 Å². The molecule has 0 radical (unpaired) electrons. The van der Waals surface area contributed by atoms with E-state index in [1.165, 1.54) is 19.2 Å². The fraction of sp³-hybridized carbons (Fsp3) is 0.357. The van der Waals surface area contributed by atoms with Crippen LogP contribution in [0.3, 0.4) is 0 Å². The second-order valence-electron chi connectivity index (χ2n) is 4.52. The molecule has 124 valence electrons. The molecule has 9 heteroatoms. The van der Waals surface area contributed by atoms with E-state index in [0.29, 0.717) is 11.5 Å². The Bertz CT molecular complexity index is 646. The molecule has 1 N–H and O–H groups in total. The highest BCUT2D eigenvalue weighted by Crippen LogP contribution is 2.39. The van der Waals surface area contributed by atoms with E-state index < -0.39 is 23.9 Å². The smallest absolute Gasteiger partial charge is 0.328 e. The number of rotatable bonds is 5. The summed E-state index contributed by atoms with van der Waals surface area (Å²) in [6.07, 6.45) is -0.354. The van der Waals surface area contributed by atoms with Gasteiger partial charge in [0.05, 0.1) is 25.7 Å². The molecule has 0 unspecified atom stereocenters. The maximum atomic E-state index is 12.3. The molecule has 8 nitrogen and oxygen atoms in total. The van der Waals surface area contributed by atoms with Gasteiger partial charge in [-0.2, -0.15) is 0 Å². The number of hydrogen-bond donors (Lipinski definition) is 1. The predicted octanol–water partition coefficient (Wildman–Crippen LogP) is 0.903. The summed E-state index contributed by atoms with van der Waals surface area (Å²) in [7, 11) is 2.33. The molecule has 0 fully saturated rings. The summed E-state index contributed by atoms with van der Waals surface area (Å²) < 4.78 is 19.4. The number of amides is 1. The first kappa shape index (κ1) is 16.9. The van der Waals surface area contributed by atoms with E-state index in [-0.39, 0.29) is 23.8 Å². The van der Waals surface area contributed by atoms with E-state index in [2.05, 4.69) is 14.8 Å². The Morgan fingerprint density at radius 1 is 1.26 bits per heavy atom. The Morgan fingerprint density at radius 3 is 2.65 bits per heavy atom. The molecular formula is C14H14ClNO7. The molecule has 0 saturated carbocycles. The predicted molar refractivity (Wildman–Crippen MR) is 77.5 cm³/mol. The van der Waals surface area contributed by atoms with Gasteiger partial charge in [-0.15, -0.1) is 0 Å². The van der Waals surface area contributed by atoms with Gasteiger partial charge in [-0.1, -0.05) is 11.6 Å². The van der Waals surface area contributed by atoms with Crippen LogP contribution in [0.4, 0.5) is 0 Å². The zero-order valence-corrected chi connectivity index (χ0v) is 13.1. The number of carbonyl (C=O) groups is 3. The van der Waals surface area contributed by atoms with Crippen molar-refractivity contribution in [1.82, 2.24) is 5.32 Å². The van der Waals surface area contributed by atoms with Gasteiger partial charge in [0.2, 0.25) is 6.79 Å². The third kappa shape index (κ3) is 3.84. The summed E-state index contributed by atoms with van der Waals surface area (Å²) in [6.45, 7) is 0.00719. The summed E-state index contributed by atoms with van der Waals surface area (Å²) in [5.74, 6) is -1.38. The van der Waals surface area contributed by atoms with Crippen LogP contribution in [0.5, 0.6) is 11.5 Å². The van der Waals surface area contributed by atoms with Crippen LogP contribution in [0, 0.1) is 0 Å². The molecule has 1 aliphatic heterocycles. The minimum absolute atomic E-state index is 0.00719. The first-order chi connectivity index (χ1) is 11.0. The average Bonchev–Trinajstić information content (AvgIpc) is 3.02. The maximum Gasteiger partial charge on any atom is 0.328 e. The lowest BCUT2D eigenvalue weighted by molar-refractivity contribution is -0.149. The molecule has 1 aliphatic rings. The molecule has 1 aromatic carbocycles. The van der Waals surface area contributed by atoms with Gasteiger partial charge < -0.3 is 24.3 Å². The number of carbonyl (C=O) groups excluding carboxylic acids is 3. The number of esters is 2. The van der Waals surface area contributed by atoms with Crippen molar-refractivity contribution in [2.75, 3.05) is 21.0 Å². The van der Waals surface area contributed by atoms with Crippen LogP contribution < -0.4 is 14.8 Å². The van der Waals surface area contributed by atoms with Crippen molar-refractivity contribution in [2.45, 2.75) is 12.5 Å². The Hall–Kier alpha value is -2.48.